The molecule has 0 bridgehead atoms. The fourth-order valence-electron chi connectivity index (χ4n) is 3.85. The largest absolute Gasteiger partial charge is 0.445 e. The molecule has 216 valence electrons. The zero-order valence-electron chi connectivity index (χ0n) is 22.0. The molecule has 2 amide bonds. The Labute approximate surface area is 227 Å². The van der Waals surface area contributed by atoms with E-state index < -0.39 is 58.4 Å². The number of rotatable bonds is 15. The van der Waals surface area contributed by atoms with E-state index in [4.69, 9.17) is 10.5 Å². The van der Waals surface area contributed by atoms with Crippen molar-refractivity contribution in [2.45, 2.75) is 58.0 Å². The Balaban J connectivity index is 2.23. The van der Waals surface area contributed by atoms with Crippen LogP contribution < -0.4 is 11.1 Å². The second-order valence-electron chi connectivity index (χ2n) is 9.17. The molecule has 0 aliphatic carbocycles. The third-order valence-electron chi connectivity index (χ3n) is 5.86. The lowest BCUT2D eigenvalue weighted by Gasteiger charge is -2.28. The van der Waals surface area contributed by atoms with Crippen LogP contribution in [0.2, 0.25) is 0 Å². The first-order valence-electron chi connectivity index (χ1n) is 12.7. The molecule has 0 spiro atoms. The van der Waals surface area contributed by atoms with Crippen LogP contribution >= 0.6 is 0 Å². The lowest BCUT2D eigenvalue weighted by molar-refractivity contribution is -0.135. The molecule has 0 fully saturated rings. The van der Waals surface area contributed by atoms with Crippen LogP contribution in [0.3, 0.4) is 0 Å². The van der Waals surface area contributed by atoms with Crippen molar-refractivity contribution in [2.75, 3.05) is 24.6 Å². The van der Waals surface area contributed by atoms with Crippen molar-refractivity contribution in [1.29, 1.82) is 0 Å². The molecule has 2 rings (SSSR count). The fraction of sp³-hybridized carbons (Fsp3) is 0.481. The number of alkyl carbamates (subject to hydrolysis) is 1. The number of carbonyl (C=O) groups is 2. The molecule has 8 nitrogen and oxygen atoms in total. The molecule has 0 saturated heterocycles. The first-order chi connectivity index (χ1) is 18.4. The minimum absolute atomic E-state index is 0.118. The lowest BCUT2D eigenvalue weighted by atomic mass is 10.1. The van der Waals surface area contributed by atoms with Crippen LogP contribution in [-0.2, 0) is 38.9 Å². The van der Waals surface area contributed by atoms with Crippen LogP contribution in [0.1, 0.15) is 42.9 Å². The average Bonchev–Trinajstić information content (AvgIpc) is 2.88. The van der Waals surface area contributed by atoms with Gasteiger partial charge in [-0.25, -0.2) is 13.2 Å². The van der Waals surface area contributed by atoms with Crippen molar-refractivity contribution in [3.63, 3.8) is 0 Å². The molecule has 2 aromatic rings. The van der Waals surface area contributed by atoms with E-state index in [9.17, 15) is 31.2 Å². The SMILES string of the molecule is CCc1cccc(CN(CCCN)C(=O)[C@@H](CS(=O)(=O)CCCC(F)(F)F)NC(=O)OCc2ccccc2)c1. The van der Waals surface area contributed by atoms with Gasteiger partial charge in [-0.2, -0.15) is 13.2 Å². The normalized spacial score (nSPS) is 12.5. The van der Waals surface area contributed by atoms with Crippen molar-refractivity contribution >= 4 is 21.8 Å². The third-order valence-corrected chi connectivity index (χ3v) is 7.61. The molecule has 2 aromatic carbocycles. The summed E-state index contributed by atoms with van der Waals surface area (Å²) in [6, 6.07) is 14.7. The first-order valence-corrected chi connectivity index (χ1v) is 14.6. The van der Waals surface area contributed by atoms with Gasteiger partial charge in [0.1, 0.15) is 12.6 Å². The van der Waals surface area contributed by atoms with Crippen LogP contribution in [0.25, 0.3) is 0 Å². The van der Waals surface area contributed by atoms with Gasteiger partial charge in [0.25, 0.3) is 0 Å². The van der Waals surface area contributed by atoms with E-state index >= 15 is 0 Å². The van der Waals surface area contributed by atoms with E-state index in [1.165, 1.54) is 4.90 Å². The molecule has 0 radical (unpaired) electrons. The van der Waals surface area contributed by atoms with Crippen LogP contribution in [0.15, 0.2) is 54.6 Å². The maximum absolute atomic E-state index is 13.6. The predicted molar refractivity (Wildman–Crippen MR) is 142 cm³/mol. The summed E-state index contributed by atoms with van der Waals surface area (Å²) in [7, 11) is -4.14. The van der Waals surface area contributed by atoms with Gasteiger partial charge in [-0.1, -0.05) is 61.5 Å². The van der Waals surface area contributed by atoms with Crippen LogP contribution in [0.4, 0.5) is 18.0 Å². The monoisotopic (exact) mass is 571 g/mol. The Hall–Kier alpha value is -3.12. The van der Waals surface area contributed by atoms with Gasteiger partial charge in [-0.15, -0.1) is 0 Å². The van der Waals surface area contributed by atoms with Crippen molar-refractivity contribution < 1.29 is 35.9 Å². The molecule has 1 atom stereocenters. The number of halogens is 3. The van der Waals surface area contributed by atoms with Crippen LogP contribution in [0, 0.1) is 0 Å². The number of carbonyl (C=O) groups excluding carboxylic acids is 2. The summed E-state index contributed by atoms with van der Waals surface area (Å²) in [6.45, 7) is 2.47. The molecule has 0 aliphatic rings. The summed E-state index contributed by atoms with van der Waals surface area (Å²) in [4.78, 5) is 27.6. The molecule has 0 unspecified atom stereocenters. The topological polar surface area (TPSA) is 119 Å². The number of benzene rings is 2. The summed E-state index contributed by atoms with van der Waals surface area (Å²) in [5, 5.41) is 2.33. The van der Waals surface area contributed by atoms with Gasteiger partial charge < -0.3 is 20.7 Å². The van der Waals surface area contributed by atoms with Gasteiger partial charge in [-0.05, 0) is 42.5 Å². The molecule has 3 N–H and O–H groups in total. The number of hydrogen-bond acceptors (Lipinski definition) is 6. The Morgan fingerprint density at radius 3 is 2.33 bits per heavy atom. The van der Waals surface area contributed by atoms with E-state index in [0.29, 0.717) is 12.0 Å². The number of alkyl halides is 3. The zero-order chi connectivity index (χ0) is 28.9. The van der Waals surface area contributed by atoms with Crippen LogP contribution in [-0.4, -0.2) is 62.1 Å². The van der Waals surface area contributed by atoms with E-state index in [0.717, 1.165) is 17.5 Å². The van der Waals surface area contributed by atoms with Crippen LogP contribution in [0.5, 0.6) is 0 Å². The highest BCUT2D eigenvalue weighted by Gasteiger charge is 2.33. The number of nitrogens with two attached hydrogens (primary N) is 1. The lowest BCUT2D eigenvalue weighted by Crippen LogP contribution is -2.52. The summed E-state index contributed by atoms with van der Waals surface area (Å²) in [6.07, 6.45) is -6.24. The predicted octanol–water partition coefficient (Wildman–Crippen LogP) is 3.98. The maximum atomic E-state index is 13.6. The highest BCUT2D eigenvalue weighted by atomic mass is 32.2. The molecule has 0 heterocycles. The minimum Gasteiger partial charge on any atom is -0.445 e. The fourth-order valence-corrected chi connectivity index (χ4v) is 5.33. The molecular weight excluding hydrogens is 535 g/mol. The van der Waals surface area contributed by atoms with E-state index in [1.54, 1.807) is 30.3 Å². The first kappa shape index (κ1) is 32.1. The smallest absolute Gasteiger partial charge is 0.408 e. The summed E-state index contributed by atoms with van der Waals surface area (Å²) in [5.41, 5.74) is 8.17. The molecule has 0 aromatic heterocycles. The number of nitrogens with one attached hydrogen (secondary N) is 1. The number of nitrogens with zero attached hydrogens (tertiary/aromatic N) is 1. The second kappa shape index (κ2) is 15.5. The molecule has 12 heteroatoms. The number of amides is 2. The number of ether oxygens (including phenoxy) is 1. The number of sulfone groups is 1. The zero-order valence-corrected chi connectivity index (χ0v) is 22.8. The standard InChI is InChI=1S/C27H36F3N3O5S/c1-2-21-11-6-12-23(17-21)18-33(15-8-14-31)25(34)24(20-39(36,37)16-7-13-27(28,29)30)32-26(35)38-19-22-9-4-3-5-10-22/h3-6,9-12,17,24H,2,7-8,13-16,18-20,31H2,1H3,(H,32,35)/t24-/m1/s1. The summed E-state index contributed by atoms with van der Waals surface area (Å²) < 4.78 is 68.3. The van der Waals surface area contributed by atoms with E-state index in [-0.39, 0.29) is 26.2 Å². The average molecular weight is 572 g/mol. The van der Waals surface area contributed by atoms with Crippen molar-refractivity contribution in [1.82, 2.24) is 10.2 Å². The molecule has 39 heavy (non-hydrogen) atoms. The van der Waals surface area contributed by atoms with E-state index in [2.05, 4.69) is 5.32 Å². The molecule has 0 aliphatic heterocycles. The highest BCUT2D eigenvalue weighted by Crippen LogP contribution is 2.22. The Bertz CT molecular complexity index is 1160. The van der Waals surface area contributed by atoms with Gasteiger partial charge in [0.15, 0.2) is 9.84 Å². The van der Waals surface area contributed by atoms with Crippen molar-refractivity contribution in [3.8, 4) is 0 Å². The third kappa shape index (κ3) is 12.5. The Kier molecular flexibility index (Phi) is 12.7. The summed E-state index contributed by atoms with van der Waals surface area (Å²) >= 11 is 0. The van der Waals surface area contributed by atoms with Gasteiger partial charge in [-0.3, -0.25) is 4.79 Å². The van der Waals surface area contributed by atoms with Crippen molar-refractivity contribution in [2.24, 2.45) is 5.73 Å². The quantitative estimate of drug-likeness (QED) is 0.334. The number of aryl methyl sites for hydroxylation is 1. The van der Waals surface area contributed by atoms with E-state index in [1.807, 2.05) is 31.2 Å². The van der Waals surface area contributed by atoms with Gasteiger partial charge >= 0.3 is 12.3 Å². The molecule has 0 saturated carbocycles. The summed E-state index contributed by atoms with van der Waals surface area (Å²) in [5.74, 6) is -2.34. The Morgan fingerprint density at radius 1 is 1.03 bits per heavy atom. The minimum atomic E-state index is -4.50. The van der Waals surface area contributed by atoms with Gasteiger partial charge in [0.2, 0.25) is 5.91 Å². The second-order valence-corrected chi connectivity index (χ2v) is 11.4. The van der Waals surface area contributed by atoms with Gasteiger partial charge in [0.05, 0.1) is 11.5 Å². The highest BCUT2D eigenvalue weighted by molar-refractivity contribution is 7.91. The molecular formula is C27H36F3N3O5S. The van der Waals surface area contributed by atoms with Crippen molar-refractivity contribution in [3.05, 3.63) is 71.3 Å². The maximum Gasteiger partial charge on any atom is 0.408 e. The Morgan fingerprint density at radius 2 is 1.69 bits per heavy atom. The van der Waals surface area contributed by atoms with Gasteiger partial charge in [0, 0.05) is 19.5 Å². The number of hydrogen-bond donors (Lipinski definition) is 2.